The highest BCUT2D eigenvalue weighted by atomic mass is 32.2. The first-order valence-corrected chi connectivity index (χ1v) is 5.94. The largest absolute Gasteiger partial charge is 0.497 e. The molecule has 0 saturated carbocycles. The number of thioether (sulfide) groups is 1. The van der Waals surface area contributed by atoms with Crippen molar-refractivity contribution >= 4 is 11.8 Å². The molecule has 0 fully saturated rings. The van der Waals surface area contributed by atoms with Gasteiger partial charge in [-0.3, -0.25) is 0 Å². The summed E-state index contributed by atoms with van der Waals surface area (Å²) in [6, 6.07) is 7.82. The molecule has 0 aromatic heterocycles. The normalized spacial score (nSPS) is 12.1. The van der Waals surface area contributed by atoms with E-state index in [2.05, 4.69) is 6.58 Å². The third kappa shape index (κ3) is 4.70. The van der Waals surface area contributed by atoms with E-state index in [1.807, 2.05) is 24.3 Å². The van der Waals surface area contributed by atoms with Gasteiger partial charge in [0, 0.05) is 10.6 Å². The summed E-state index contributed by atoms with van der Waals surface area (Å²) in [5.41, 5.74) is 0. The van der Waals surface area contributed by atoms with Gasteiger partial charge in [-0.15, -0.1) is 11.8 Å². The smallest absolute Gasteiger partial charge is 0.173 e. The monoisotopic (exact) mass is 240 g/mol. The minimum Gasteiger partial charge on any atom is -0.497 e. The second kappa shape index (κ2) is 7.33. The third-order valence-corrected chi connectivity index (χ3v) is 2.88. The molecule has 1 rings (SSSR count). The van der Waals surface area contributed by atoms with Crippen molar-refractivity contribution in [2.24, 2.45) is 0 Å². The molecule has 1 aromatic carbocycles. The molecule has 0 aliphatic heterocycles. The van der Waals surface area contributed by atoms with E-state index in [1.54, 1.807) is 18.9 Å². The molecule has 0 bridgehead atoms. The lowest BCUT2D eigenvalue weighted by Gasteiger charge is -2.07. The Morgan fingerprint density at radius 3 is 2.69 bits per heavy atom. The Bertz CT molecular complexity index is 311. The number of benzene rings is 1. The van der Waals surface area contributed by atoms with Gasteiger partial charge in [0.15, 0.2) is 6.29 Å². The van der Waals surface area contributed by atoms with Gasteiger partial charge >= 0.3 is 0 Å². The van der Waals surface area contributed by atoms with Crippen LogP contribution >= 0.6 is 11.8 Å². The average molecular weight is 240 g/mol. The van der Waals surface area contributed by atoms with Gasteiger partial charge in [-0.2, -0.15) is 0 Å². The minimum atomic E-state index is -0.864. The molecule has 88 valence electrons. The molecular weight excluding hydrogens is 224 g/mol. The van der Waals surface area contributed by atoms with Gasteiger partial charge < -0.3 is 14.6 Å². The summed E-state index contributed by atoms with van der Waals surface area (Å²) in [6.07, 6.45) is 0.495. The Balaban J connectivity index is 2.24. The molecule has 16 heavy (non-hydrogen) atoms. The quantitative estimate of drug-likeness (QED) is 0.343. The fraction of sp³-hybridized carbons (Fsp3) is 0.333. The van der Waals surface area contributed by atoms with Crippen molar-refractivity contribution in [1.29, 1.82) is 0 Å². The lowest BCUT2D eigenvalue weighted by atomic mass is 10.3. The van der Waals surface area contributed by atoms with Crippen LogP contribution in [0.3, 0.4) is 0 Å². The van der Waals surface area contributed by atoms with E-state index >= 15 is 0 Å². The molecule has 0 radical (unpaired) electrons. The Morgan fingerprint density at radius 2 is 2.12 bits per heavy atom. The number of rotatable bonds is 7. The summed E-state index contributed by atoms with van der Waals surface area (Å²) in [6.45, 7) is 3.91. The Kier molecular flexibility index (Phi) is 6.00. The van der Waals surface area contributed by atoms with E-state index in [4.69, 9.17) is 14.6 Å². The molecule has 0 saturated heterocycles. The summed E-state index contributed by atoms with van der Waals surface area (Å²) >= 11 is 1.67. The summed E-state index contributed by atoms with van der Waals surface area (Å²) < 4.78 is 10.1. The van der Waals surface area contributed by atoms with Crippen molar-refractivity contribution in [2.45, 2.75) is 11.2 Å². The van der Waals surface area contributed by atoms with Crippen molar-refractivity contribution in [3.05, 3.63) is 36.9 Å². The van der Waals surface area contributed by atoms with Crippen LogP contribution in [0.5, 0.6) is 5.75 Å². The van der Waals surface area contributed by atoms with Crippen molar-refractivity contribution in [3.8, 4) is 5.75 Å². The molecule has 3 nitrogen and oxygen atoms in total. The van der Waals surface area contributed by atoms with Crippen molar-refractivity contribution in [3.63, 3.8) is 0 Å². The summed E-state index contributed by atoms with van der Waals surface area (Å²) in [4.78, 5) is 1.15. The van der Waals surface area contributed by atoms with Crippen LogP contribution < -0.4 is 4.74 Å². The summed E-state index contributed by atoms with van der Waals surface area (Å²) in [5.74, 6) is 1.64. The Labute approximate surface area is 100 Å². The van der Waals surface area contributed by atoms with Crippen LogP contribution in [0.4, 0.5) is 0 Å². The zero-order valence-corrected chi connectivity index (χ0v) is 10.1. The molecular formula is C12H16O3S. The molecule has 0 spiro atoms. The first-order valence-electron chi connectivity index (χ1n) is 4.95. The maximum Gasteiger partial charge on any atom is 0.173 e. The fourth-order valence-electron chi connectivity index (χ4n) is 1.07. The van der Waals surface area contributed by atoms with Crippen LogP contribution in [0.2, 0.25) is 0 Å². The number of methoxy groups -OCH3 is 1. The molecule has 4 heteroatoms. The number of hydrogen-bond acceptors (Lipinski definition) is 4. The fourth-order valence-corrected chi connectivity index (χ4v) is 1.81. The van der Waals surface area contributed by atoms with Crippen LogP contribution in [0.15, 0.2) is 41.8 Å². The molecule has 1 atom stereocenters. The topological polar surface area (TPSA) is 38.7 Å². The van der Waals surface area contributed by atoms with Crippen LogP contribution in [-0.2, 0) is 4.74 Å². The van der Waals surface area contributed by atoms with Gasteiger partial charge in [-0.25, -0.2) is 0 Å². The van der Waals surface area contributed by atoms with Gasteiger partial charge in [0.2, 0.25) is 0 Å². The molecule has 1 unspecified atom stereocenters. The average Bonchev–Trinajstić information content (AvgIpc) is 2.35. The molecule has 0 aliphatic rings. The van der Waals surface area contributed by atoms with Crippen LogP contribution in [0.25, 0.3) is 0 Å². The van der Waals surface area contributed by atoms with E-state index in [9.17, 15) is 0 Å². The van der Waals surface area contributed by atoms with E-state index < -0.39 is 6.29 Å². The zero-order valence-electron chi connectivity index (χ0n) is 9.26. The van der Waals surface area contributed by atoms with Crippen LogP contribution in [-0.4, -0.2) is 30.9 Å². The van der Waals surface area contributed by atoms with E-state index in [0.29, 0.717) is 6.61 Å². The van der Waals surface area contributed by atoms with Crippen molar-refractivity contribution in [1.82, 2.24) is 0 Å². The van der Waals surface area contributed by atoms with E-state index in [0.717, 1.165) is 16.4 Å². The first kappa shape index (κ1) is 13.1. The first-order chi connectivity index (χ1) is 7.76. The van der Waals surface area contributed by atoms with Gasteiger partial charge in [-0.1, -0.05) is 6.58 Å². The number of ether oxygens (including phenoxy) is 2. The van der Waals surface area contributed by atoms with Crippen molar-refractivity contribution in [2.75, 3.05) is 19.5 Å². The van der Waals surface area contributed by atoms with Gasteiger partial charge in [0.1, 0.15) is 5.75 Å². The second-order valence-electron chi connectivity index (χ2n) is 3.02. The number of hydrogen-bond donors (Lipinski definition) is 1. The van der Waals surface area contributed by atoms with Gasteiger partial charge in [0.25, 0.3) is 0 Å². The maximum absolute atomic E-state index is 9.06. The lowest BCUT2D eigenvalue weighted by Crippen LogP contribution is -2.09. The van der Waals surface area contributed by atoms with Gasteiger partial charge in [-0.05, 0) is 30.3 Å². The minimum absolute atomic E-state index is 0.490. The van der Waals surface area contributed by atoms with Crippen LogP contribution in [0.1, 0.15) is 0 Å². The SMILES string of the molecule is C=CC(O)OCCSc1ccc(OC)cc1. The predicted molar refractivity (Wildman–Crippen MR) is 65.9 cm³/mol. The maximum atomic E-state index is 9.06. The molecule has 0 heterocycles. The Morgan fingerprint density at radius 1 is 1.44 bits per heavy atom. The standard InChI is InChI=1S/C12H16O3S/c1-3-12(13)15-8-9-16-11-6-4-10(14-2)5-7-11/h3-7,12-13H,1,8-9H2,2H3. The molecule has 0 aliphatic carbocycles. The summed E-state index contributed by atoms with van der Waals surface area (Å²) in [5, 5.41) is 9.06. The summed E-state index contributed by atoms with van der Waals surface area (Å²) in [7, 11) is 1.65. The highest BCUT2D eigenvalue weighted by Gasteiger charge is 1.98. The second-order valence-corrected chi connectivity index (χ2v) is 4.19. The van der Waals surface area contributed by atoms with Crippen LogP contribution in [0, 0.1) is 0 Å². The van der Waals surface area contributed by atoms with Gasteiger partial charge in [0.05, 0.1) is 13.7 Å². The number of aliphatic hydroxyl groups excluding tert-OH is 1. The zero-order chi connectivity index (χ0) is 11.8. The van der Waals surface area contributed by atoms with E-state index in [-0.39, 0.29) is 0 Å². The van der Waals surface area contributed by atoms with Crippen molar-refractivity contribution < 1.29 is 14.6 Å². The highest BCUT2D eigenvalue weighted by Crippen LogP contribution is 2.20. The van der Waals surface area contributed by atoms with E-state index in [1.165, 1.54) is 6.08 Å². The molecule has 1 N–H and O–H groups in total. The lowest BCUT2D eigenvalue weighted by molar-refractivity contribution is -0.0573. The predicted octanol–water partition coefficient (Wildman–Crippen LogP) is 2.31. The Hall–Kier alpha value is -0.970. The third-order valence-electron chi connectivity index (χ3n) is 1.90. The molecule has 1 aromatic rings. The number of aliphatic hydroxyl groups is 1. The highest BCUT2D eigenvalue weighted by molar-refractivity contribution is 7.99. The molecule has 0 amide bonds.